The maximum absolute atomic E-state index is 13.6. The van der Waals surface area contributed by atoms with Gasteiger partial charge in [0, 0.05) is 27.7 Å². The largest absolute Gasteiger partial charge is 0.350 e. The van der Waals surface area contributed by atoms with Gasteiger partial charge in [0.05, 0.1) is 11.9 Å². The molecule has 192 valence electrons. The zero-order chi connectivity index (χ0) is 26.6. The molecule has 2 aromatic carbocycles. The van der Waals surface area contributed by atoms with Crippen molar-refractivity contribution in [3.63, 3.8) is 0 Å². The predicted octanol–water partition coefficient (Wildman–Crippen LogP) is 4.62. The molecule has 2 amide bonds. The summed E-state index contributed by atoms with van der Waals surface area (Å²) in [6.45, 7) is 6.47. The highest BCUT2D eigenvalue weighted by Gasteiger charge is 2.33. The van der Waals surface area contributed by atoms with Crippen LogP contribution >= 0.6 is 23.2 Å². The zero-order valence-corrected chi connectivity index (χ0v) is 22.6. The minimum Gasteiger partial charge on any atom is -0.350 e. The molecule has 1 N–H and O–H groups in total. The van der Waals surface area contributed by atoms with Crippen molar-refractivity contribution in [3.05, 3.63) is 63.9 Å². The van der Waals surface area contributed by atoms with E-state index in [0.717, 1.165) is 22.7 Å². The third-order valence-electron chi connectivity index (χ3n) is 5.07. The molecule has 0 unspecified atom stereocenters. The lowest BCUT2D eigenvalue weighted by Gasteiger charge is -2.34. The van der Waals surface area contributed by atoms with Gasteiger partial charge in [-0.1, -0.05) is 36.2 Å². The van der Waals surface area contributed by atoms with Crippen molar-refractivity contribution in [3.8, 4) is 0 Å². The monoisotopic (exact) mass is 545 g/mol. The molecule has 1 atom stereocenters. The van der Waals surface area contributed by atoms with E-state index in [9.17, 15) is 22.4 Å². The summed E-state index contributed by atoms with van der Waals surface area (Å²) in [6, 6.07) is 8.69. The third kappa shape index (κ3) is 8.08. The van der Waals surface area contributed by atoms with Crippen molar-refractivity contribution in [2.24, 2.45) is 0 Å². The van der Waals surface area contributed by atoms with Gasteiger partial charge >= 0.3 is 0 Å². The Labute approximate surface area is 216 Å². The number of carbonyl (C=O) groups is 2. The molecule has 0 spiro atoms. The van der Waals surface area contributed by atoms with Gasteiger partial charge in [0.25, 0.3) is 0 Å². The number of benzene rings is 2. The molecule has 0 radical (unpaired) electrons. The molecule has 0 aliphatic rings. The molecule has 2 aromatic rings. The SMILES string of the molecule is CC[C@H](C(=O)NC(C)(C)C)N(Cc1c(Cl)cccc1Cl)C(=O)CN(c1ccc(F)cc1)S(C)(=O)=O. The summed E-state index contributed by atoms with van der Waals surface area (Å²) in [6.07, 6.45) is 1.20. The van der Waals surface area contributed by atoms with Gasteiger partial charge in [0.2, 0.25) is 21.8 Å². The Balaban J connectivity index is 2.51. The van der Waals surface area contributed by atoms with Crippen molar-refractivity contribution in [2.75, 3.05) is 17.1 Å². The fraction of sp³-hybridized carbons (Fsp3) is 0.417. The van der Waals surface area contributed by atoms with Crippen molar-refractivity contribution in [1.29, 1.82) is 0 Å². The number of sulfonamides is 1. The van der Waals surface area contributed by atoms with Gasteiger partial charge in [0.1, 0.15) is 18.4 Å². The molecule has 0 heterocycles. The number of nitrogens with one attached hydrogen (secondary N) is 1. The van der Waals surface area contributed by atoms with Gasteiger partial charge < -0.3 is 10.2 Å². The second-order valence-corrected chi connectivity index (χ2v) is 11.9. The standard InChI is InChI=1S/C24H30Cl2FN3O4S/c1-6-21(23(32)28-24(2,3)4)29(14-18-19(25)8-7-9-20(18)26)22(31)15-30(35(5,33)34)17-12-10-16(27)11-13-17/h7-13,21H,6,14-15H2,1-5H3,(H,28,32)/t21-/m1/s1. The number of anilines is 1. The van der Waals surface area contributed by atoms with Crippen LogP contribution in [0.25, 0.3) is 0 Å². The third-order valence-corrected chi connectivity index (χ3v) is 6.92. The first-order valence-corrected chi connectivity index (χ1v) is 13.5. The molecule has 0 saturated heterocycles. The average Bonchev–Trinajstić information content (AvgIpc) is 2.72. The van der Waals surface area contributed by atoms with E-state index in [1.165, 1.54) is 17.0 Å². The summed E-state index contributed by atoms with van der Waals surface area (Å²) in [7, 11) is -3.92. The molecule has 0 aliphatic carbocycles. The van der Waals surface area contributed by atoms with Crippen LogP contribution in [0.4, 0.5) is 10.1 Å². The van der Waals surface area contributed by atoms with Gasteiger partial charge in [-0.2, -0.15) is 0 Å². The fourth-order valence-corrected chi connectivity index (χ4v) is 4.81. The molecule has 0 saturated carbocycles. The summed E-state index contributed by atoms with van der Waals surface area (Å²) in [5.74, 6) is -1.59. The first-order chi connectivity index (χ1) is 16.1. The van der Waals surface area contributed by atoms with Crippen LogP contribution in [-0.4, -0.2) is 49.5 Å². The molecule has 0 bridgehead atoms. The Morgan fingerprint density at radius 1 is 1.06 bits per heavy atom. The van der Waals surface area contributed by atoms with Crippen LogP contribution in [0.2, 0.25) is 10.0 Å². The summed E-state index contributed by atoms with van der Waals surface area (Å²) in [5.41, 5.74) is -0.0159. The maximum atomic E-state index is 13.6. The van der Waals surface area contributed by atoms with Crippen LogP contribution in [0, 0.1) is 5.82 Å². The summed E-state index contributed by atoms with van der Waals surface area (Å²) in [4.78, 5) is 28.0. The van der Waals surface area contributed by atoms with Gasteiger partial charge in [0.15, 0.2) is 0 Å². The molecule has 7 nitrogen and oxygen atoms in total. The number of carbonyl (C=O) groups excluding carboxylic acids is 2. The van der Waals surface area contributed by atoms with Crippen LogP contribution in [0.1, 0.15) is 39.7 Å². The highest BCUT2D eigenvalue weighted by molar-refractivity contribution is 7.92. The predicted molar refractivity (Wildman–Crippen MR) is 138 cm³/mol. The lowest BCUT2D eigenvalue weighted by molar-refractivity contribution is -0.141. The number of amides is 2. The van der Waals surface area contributed by atoms with E-state index in [4.69, 9.17) is 23.2 Å². The van der Waals surface area contributed by atoms with Crippen molar-refractivity contribution >= 4 is 50.7 Å². The van der Waals surface area contributed by atoms with Crippen molar-refractivity contribution in [2.45, 2.75) is 52.2 Å². The Morgan fingerprint density at radius 2 is 1.60 bits per heavy atom. The second kappa shape index (κ2) is 11.6. The first kappa shape index (κ1) is 28.9. The van der Waals surface area contributed by atoms with Crippen molar-refractivity contribution in [1.82, 2.24) is 10.2 Å². The quantitative estimate of drug-likeness (QED) is 0.498. The van der Waals surface area contributed by atoms with Crippen LogP contribution in [0.15, 0.2) is 42.5 Å². The number of hydrogen-bond donors (Lipinski definition) is 1. The van der Waals surface area contributed by atoms with E-state index < -0.39 is 45.8 Å². The average molecular weight is 546 g/mol. The Hall–Kier alpha value is -2.36. The molecule has 0 aliphatic heterocycles. The van der Waals surface area contributed by atoms with Crippen LogP contribution in [-0.2, 0) is 26.2 Å². The zero-order valence-electron chi connectivity index (χ0n) is 20.3. The molecule has 0 fully saturated rings. The molecule has 0 aromatic heterocycles. The van der Waals surface area contributed by atoms with E-state index in [1.807, 2.05) is 20.8 Å². The minimum absolute atomic E-state index is 0.116. The normalized spacial score (nSPS) is 12.7. The van der Waals surface area contributed by atoms with Crippen LogP contribution < -0.4 is 9.62 Å². The van der Waals surface area contributed by atoms with E-state index in [-0.39, 0.29) is 18.7 Å². The lowest BCUT2D eigenvalue weighted by atomic mass is 10.1. The highest BCUT2D eigenvalue weighted by atomic mass is 35.5. The summed E-state index contributed by atoms with van der Waals surface area (Å²) in [5, 5.41) is 3.48. The molecule has 2 rings (SSSR count). The van der Waals surface area contributed by atoms with Crippen molar-refractivity contribution < 1.29 is 22.4 Å². The van der Waals surface area contributed by atoms with E-state index in [2.05, 4.69) is 5.32 Å². The number of rotatable bonds is 9. The molecule has 35 heavy (non-hydrogen) atoms. The fourth-order valence-electron chi connectivity index (χ4n) is 3.45. The maximum Gasteiger partial charge on any atom is 0.244 e. The first-order valence-electron chi connectivity index (χ1n) is 10.9. The number of hydrogen-bond acceptors (Lipinski definition) is 4. The summed E-state index contributed by atoms with van der Waals surface area (Å²) < 4.78 is 39.4. The lowest BCUT2D eigenvalue weighted by Crippen LogP contribution is -2.55. The van der Waals surface area contributed by atoms with Gasteiger partial charge in [-0.25, -0.2) is 12.8 Å². The smallest absolute Gasteiger partial charge is 0.244 e. The highest BCUT2D eigenvalue weighted by Crippen LogP contribution is 2.28. The van der Waals surface area contributed by atoms with E-state index in [1.54, 1.807) is 25.1 Å². The number of halogens is 3. The van der Waals surface area contributed by atoms with Crippen LogP contribution in [0.5, 0.6) is 0 Å². The van der Waals surface area contributed by atoms with Gasteiger partial charge in [-0.15, -0.1) is 0 Å². The Bertz CT molecular complexity index is 1150. The van der Waals surface area contributed by atoms with Gasteiger partial charge in [-0.3, -0.25) is 13.9 Å². The number of nitrogens with zero attached hydrogens (tertiary/aromatic N) is 2. The Kier molecular flexibility index (Phi) is 9.56. The van der Waals surface area contributed by atoms with Gasteiger partial charge in [-0.05, 0) is 63.6 Å². The molecule has 11 heteroatoms. The van der Waals surface area contributed by atoms with Crippen LogP contribution in [0.3, 0.4) is 0 Å². The summed E-state index contributed by atoms with van der Waals surface area (Å²) >= 11 is 12.7. The Morgan fingerprint density at radius 3 is 2.06 bits per heavy atom. The topological polar surface area (TPSA) is 86.8 Å². The second-order valence-electron chi connectivity index (χ2n) is 9.13. The molecular formula is C24H30Cl2FN3O4S. The minimum atomic E-state index is -3.92. The van der Waals surface area contributed by atoms with E-state index >= 15 is 0 Å². The van der Waals surface area contributed by atoms with E-state index in [0.29, 0.717) is 15.6 Å². The molecular weight excluding hydrogens is 516 g/mol.